The predicted octanol–water partition coefficient (Wildman–Crippen LogP) is 9.02. The van der Waals surface area contributed by atoms with Crippen molar-refractivity contribution in [3.05, 3.63) is 57.6 Å². The fraction of sp³-hybridized carbons (Fsp3) is 0.583. The van der Waals surface area contributed by atoms with Gasteiger partial charge in [0.2, 0.25) is 0 Å². The molecule has 0 bridgehead atoms. The molecule has 226 valence electrons. The Morgan fingerprint density at radius 2 is 0.951 bits per heavy atom. The fourth-order valence-corrected chi connectivity index (χ4v) is 4.64. The molecule has 0 radical (unpaired) electrons. The summed E-state index contributed by atoms with van der Waals surface area (Å²) in [6.45, 7) is 31.8. The molecule has 0 atom stereocenters. The van der Waals surface area contributed by atoms with Crippen molar-refractivity contribution in [2.24, 2.45) is 10.8 Å². The molecule has 0 unspecified atom stereocenters. The van der Waals surface area contributed by atoms with Crippen molar-refractivity contribution < 1.29 is 23.9 Å². The van der Waals surface area contributed by atoms with Crippen molar-refractivity contribution >= 4 is 17.7 Å². The lowest BCUT2D eigenvalue weighted by Crippen LogP contribution is -2.30. The first-order valence-electron chi connectivity index (χ1n) is 14.5. The molecule has 0 heterocycles. The summed E-state index contributed by atoms with van der Waals surface area (Å²) < 4.78 is 11.6. The molecule has 0 fully saturated rings. The van der Waals surface area contributed by atoms with Crippen LogP contribution in [0.2, 0.25) is 0 Å². The molecule has 0 aliphatic heterocycles. The maximum atomic E-state index is 14.5. The molecular formula is C36H52O5. The molecule has 0 saturated heterocycles. The molecule has 0 amide bonds. The van der Waals surface area contributed by atoms with Gasteiger partial charge >= 0.3 is 11.9 Å². The summed E-state index contributed by atoms with van der Waals surface area (Å²) in [6, 6.07) is 7.17. The van der Waals surface area contributed by atoms with Crippen LogP contribution in [-0.2, 0) is 25.8 Å². The average Bonchev–Trinajstić information content (AvgIpc) is 2.76. The minimum Gasteiger partial charge on any atom is -0.426 e. The third kappa shape index (κ3) is 7.87. The monoisotopic (exact) mass is 564 g/mol. The van der Waals surface area contributed by atoms with Gasteiger partial charge in [0.1, 0.15) is 11.5 Å². The van der Waals surface area contributed by atoms with Gasteiger partial charge in [-0.3, -0.25) is 14.4 Å². The van der Waals surface area contributed by atoms with E-state index < -0.39 is 22.8 Å². The summed E-state index contributed by atoms with van der Waals surface area (Å²) >= 11 is 0. The normalized spacial score (nSPS) is 13.2. The number of carbonyl (C=O) groups excluding carboxylic acids is 3. The van der Waals surface area contributed by atoms with Crippen LogP contribution in [0.4, 0.5) is 0 Å². The molecule has 0 aliphatic carbocycles. The second-order valence-electron chi connectivity index (χ2n) is 16.4. The lowest BCUT2D eigenvalue weighted by molar-refractivity contribution is -0.143. The van der Waals surface area contributed by atoms with Gasteiger partial charge in [-0.05, 0) is 93.5 Å². The Balaban J connectivity index is 2.94. The summed E-state index contributed by atoms with van der Waals surface area (Å²) in [6.07, 6.45) is 0. The summed E-state index contributed by atoms with van der Waals surface area (Å²) in [5, 5.41) is 0. The van der Waals surface area contributed by atoms with Gasteiger partial charge in [0.15, 0.2) is 5.78 Å². The quantitative estimate of drug-likeness (QED) is 0.210. The minimum atomic E-state index is -0.765. The number of hydrogen-bond donors (Lipinski definition) is 0. The van der Waals surface area contributed by atoms with Crippen LogP contribution in [-0.4, -0.2) is 17.7 Å². The van der Waals surface area contributed by atoms with E-state index in [0.29, 0.717) is 11.1 Å². The second kappa shape index (κ2) is 11.0. The van der Waals surface area contributed by atoms with Crippen LogP contribution in [0, 0.1) is 17.8 Å². The molecule has 2 rings (SSSR count). The van der Waals surface area contributed by atoms with Gasteiger partial charge < -0.3 is 9.47 Å². The van der Waals surface area contributed by atoms with Gasteiger partial charge in [0.05, 0.1) is 10.8 Å². The van der Waals surface area contributed by atoms with E-state index in [-0.39, 0.29) is 39.1 Å². The van der Waals surface area contributed by atoms with Crippen molar-refractivity contribution in [2.75, 3.05) is 0 Å². The van der Waals surface area contributed by atoms with E-state index in [9.17, 15) is 14.4 Å². The predicted molar refractivity (Wildman–Crippen MR) is 167 cm³/mol. The molecular weight excluding hydrogens is 512 g/mol. The summed E-state index contributed by atoms with van der Waals surface area (Å²) in [4.78, 5) is 40.2. The van der Waals surface area contributed by atoms with Gasteiger partial charge in [0, 0.05) is 16.7 Å². The number of rotatable bonds is 4. The molecule has 5 nitrogen and oxygen atoms in total. The lowest BCUT2D eigenvalue weighted by atomic mass is 9.66. The molecule has 0 N–H and O–H groups in total. The van der Waals surface area contributed by atoms with Crippen molar-refractivity contribution in [2.45, 2.75) is 127 Å². The lowest BCUT2D eigenvalue weighted by Gasteiger charge is -2.37. The molecule has 2 aromatic rings. The zero-order valence-corrected chi connectivity index (χ0v) is 28.4. The molecule has 5 heteroatoms. The third-order valence-electron chi connectivity index (χ3n) is 6.96. The first-order chi connectivity index (χ1) is 18.2. The Kier molecular flexibility index (Phi) is 9.22. The van der Waals surface area contributed by atoms with E-state index in [2.05, 4.69) is 68.4 Å². The van der Waals surface area contributed by atoms with Crippen molar-refractivity contribution in [3.63, 3.8) is 0 Å². The zero-order valence-electron chi connectivity index (χ0n) is 28.4. The summed E-state index contributed by atoms with van der Waals surface area (Å²) in [7, 11) is 0. The SMILES string of the molecule is Cc1c(OC(=O)C(C)(C)C)cc(C(=O)c2ccc(C(C)(C)C)c(C(C)(C)C)c2C(C)(C)C)cc1OC(=O)C(C)(C)C. The smallest absolute Gasteiger partial charge is 0.316 e. The van der Waals surface area contributed by atoms with Crippen LogP contribution in [0.5, 0.6) is 11.5 Å². The van der Waals surface area contributed by atoms with E-state index in [0.717, 1.165) is 11.1 Å². The summed E-state index contributed by atoms with van der Waals surface area (Å²) in [5.41, 5.74) is 2.48. The van der Waals surface area contributed by atoms with Crippen molar-refractivity contribution in [1.82, 2.24) is 0 Å². The van der Waals surface area contributed by atoms with E-state index in [1.54, 1.807) is 60.6 Å². The molecule has 41 heavy (non-hydrogen) atoms. The van der Waals surface area contributed by atoms with Gasteiger partial charge in [-0.1, -0.05) is 74.4 Å². The Morgan fingerprint density at radius 3 is 1.27 bits per heavy atom. The average molecular weight is 565 g/mol. The molecule has 0 aromatic heterocycles. The van der Waals surface area contributed by atoms with Crippen LogP contribution < -0.4 is 9.47 Å². The van der Waals surface area contributed by atoms with Crippen LogP contribution in [0.25, 0.3) is 0 Å². The van der Waals surface area contributed by atoms with Crippen LogP contribution in [0.3, 0.4) is 0 Å². The van der Waals surface area contributed by atoms with E-state index in [1.165, 1.54) is 5.56 Å². The molecule has 2 aromatic carbocycles. The highest BCUT2D eigenvalue weighted by Gasteiger charge is 2.36. The minimum absolute atomic E-state index is 0.128. The molecule has 0 saturated carbocycles. The topological polar surface area (TPSA) is 69.7 Å². The molecule has 0 aliphatic rings. The van der Waals surface area contributed by atoms with E-state index >= 15 is 0 Å². The first-order valence-corrected chi connectivity index (χ1v) is 14.5. The zero-order chi connectivity index (χ0) is 32.1. The fourth-order valence-electron chi connectivity index (χ4n) is 4.64. The Hall–Kier alpha value is -2.95. The third-order valence-corrected chi connectivity index (χ3v) is 6.96. The second-order valence-corrected chi connectivity index (χ2v) is 16.4. The van der Waals surface area contributed by atoms with E-state index in [1.807, 2.05) is 6.07 Å². The van der Waals surface area contributed by atoms with Crippen molar-refractivity contribution in [1.29, 1.82) is 0 Å². The molecule has 0 spiro atoms. The highest BCUT2D eigenvalue weighted by Crippen LogP contribution is 2.43. The van der Waals surface area contributed by atoms with Gasteiger partial charge in [-0.2, -0.15) is 0 Å². The summed E-state index contributed by atoms with van der Waals surface area (Å²) in [5.74, 6) is -0.710. The number of benzene rings is 2. The first kappa shape index (κ1) is 34.3. The van der Waals surface area contributed by atoms with E-state index in [4.69, 9.17) is 9.47 Å². The largest absolute Gasteiger partial charge is 0.426 e. The number of ketones is 1. The standard InChI is InChI=1S/C36H52O5/c1-21-25(40-30(38)35(11,12)13)19-22(20-26(21)41-31(39)36(14,15)16)29(37)23-17-18-24(32(2,3)4)28(34(8,9)10)27(23)33(5,6)7/h17-20H,1-16H3. The van der Waals surface area contributed by atoms with Gasteiger partial charge in [-0.15, -0.1) is 0 Å². The Bertz CT molecular complexity index is 1290. The maximum absolute atomic E-state index is 14.5. The van der Waals surface area contributed by atoms with Crippen LogP contribution in [0.1, 0.15) is 142 Å². The Labute approximate surface area is 248 Å². The Morgan fingerprint density at radius 1 is 0.561 bits per heavy atom. The number of carbonyl (C=O) groups is 3. The number of hydrogen-bond acceptors (Lipinski definition) is 5. The van der Waals surface area contributed by atoms with Crippen molar-refractivity contribution in [3.8, 4) is 11.5 Å². The highest BCUT2D eigenvalue weighted by atomic mass is 16.5. The van der Waals surface area contributed by atoms with Gasteiger partial charge in [-0.25, -0.2) is 0 Å². The number of esters is 2. The van der Waals surface area contributed by atoms with Gasteiger partial charge in [0.25, 0.3) is 0 Å². The highest BCUT2D eigenvalue weighted by molar-refractivity contribution is 6.11. The number of ether oxygens (including phenoxy) is 2. The van der Waals surface area contributed by atoms with Crippen LogP contribution >= 0.6 is 0 Å². The van der Waals surface area contributed by atoms with Crippen LogP contribution in [0.15, 0.2) is 24.3 Å². The maximum Gasteiger partial charge on any atom is 0.316 e.